The molecule has 4 aromatic rings. The molecule has 4 rings (SSSR count). The molecule has 0 aliphatic carbocycles. The zero-order chi connectivity index (χ0) is 18.6. The first-order chi connectivity index (χ1) is 13.2. The summed E-state index contributed by atoms with van der Waals surface area (Å²) in [5.74, 6) is -0.112. The van der Waals surface area contributed by atoms with Gasteiger partial charge in [-0.15, -0.1) is 11.3 Å². The van der Waals surface area contributed by atoms with Crippen LogP contribution in [0.15, 0.2) is 84.9 Å². The summed E-state index contributed by atoms with van der Waals surface area (Å²) < 4.78 is 0. The average molecular weight is 370 g/mol. The van der Waals surface area contributed by atoms with Gasteiger partial charge in [-0.05, 0) is 31.2 Å². The molecule has 0 aliphatic heterocycles. The van der Waals surface area contributed by atoms with E-state index in [1.807, 2.05) is 60.7 Å². The van der Waals surface area contributed by atoms with Gasteiger partial charge in [0.15, 0.2) is 0 Å². The van der Waals surface area contributed by atoms with E-state index in [1.165, 1.54) is 4.88 Å². The Morgan fingerprint density at radius 2 is 1.44 bits per heavy atom. The zero-order valence-corrected chi connectivity index (χ0v) is 15.7. The molecule has 0 atom stereocenters. The molecule has 1 heterocycles. The number of benzene rings is 3. The molecule has 3 aromatic carbocycles. The van der Waals surface area contributed by atoms with Crippen LogP contribution in [0, 0.1) is 6.92 Å². The molecule has 1 amide bonds. The summed E-state index contributed by atoms with van der Waals surface area (Å²) in [6.45, 7) is 2.09. The molecule has 4 heteroatoms. The third-order valence-electron chi connectivity index (χ3n) is 4.27. The Morgan fingerprint density at radius 1 is 0.815 bits per heavy atom. The van der Waals surface area contributed by atoms with Crippen LogP contribution in [0.5, 0.6) is 0 Å². The van der Waals surface area contributed by atoms with Gasteiger partial charge in [-0.2, -0.15) is 0 Å². The van der Waals surface area contributed by atoms with Gasteiger partial charge in [0.25, 0.3) is 5.91 Å². The molecular weight excluding hydrogens is 352 g/mol. The predicted molar refractivity (Wildman–Crippen MR) is 112 cm³/mol. The minimum atomic E-state index is -0.112. The Kier molecular flexibility index (Phi) is 4.81. The molecule has 132 valence electrons. The molecule has 3 nitrogen and oxygen atoms in total. The average Bonchev–Trinajstić information content (AvgIpc) is 3.11. The lowest BCUT2D eigenvalue weighted by Gasteiger charge is -2.06. The van der Waals surface area contributed by atoms with E-state index in [9.17, 15) is 4.79 Å². The van der Waals surface area contributed by atoms with Crippen LogP contribution < -0.4 is 5.32 Å². The summed E-state index contributed by atoms with van der Waals surface area (Å²) in [5.41, 5.74) is 4.57. The van der Waals surface area contributed by atoms with Crippen molar-refractivity contribution in [1.29, 1.82) is 0 Å². The van der Waals surface area contributed by atoms with Gasteiger partial charge in [-0.25, -0.2) is 4.98 Å². The number of nitrogens with one attached hydrogen (secondary N) is 1. The number of aromatic nitrogens is 1. The monoisotopic (exact) mass is 370 g/mol. The van der Waals surface area contributed by atoms with Gasteiger partial charge in [0, 0.05) is 27.3 Å². The van der Waals surface area contributed by atoms with Gasteiger partial charge < -0.3 is 5.32 Å². The summed E-state index contributed by atoms with van der Waals surface area (Å²) in [4.78, 5) is 18.3. The molecule has 0 radical (unpaired) electrons. The lowest BCUT2D eigenvalue weighted by molar-refractivity contribution is 0.102. The number of aryl methyl sites for hydroxylation is 1. The van der Waals surface area contributed by atoms with Crippen LogP contribution in [-0.4, -0.2) is 10.9 Å². The van der Waals surface area contributed by atoms with Gasteiger partial charge in [0.05, 0.1) is 5.69 Å². The molecular formula is C23H18N2OS. The SMILES string of the molecule is Cc1sc(-c2ccccc2)nc1-c1ccc(NC(=O)c2ccccc2)cc1. The lowest BCUT2D eigenvalue weighted by Crippen LogP contribution is -2.11. The van der Waals surface area contributed by atoms with Crippen molar-refractivity contribution in [1.82, 2.24) is 4.98 Å². The highest BCUT2D eigenvalue weighted by Crippen LogP contribution is 2.33. The van der Waals surface area contributed by atoms with Gasteiger partial charge in [0.1, 0.15) is 5.01 Å². The molecule has 1 aromatic heterocycles. The fraction of sp³-hybridized carbons (Fsp3) is 0.0435. The van der Waals surface area contributed by atoms with Gasteiger partial charge in [0.2, 0.25) is 0 Å². The molecule has 0 fully saturated rings. The number of hydrogen-bond acceptors (Lipinski definition) is 3. The van der Waals surface area contributed by atoms with E-state index in [4.69, 9.17) is 4.98 Å². The van der Waals surface area contributed by atoms with Crippen molar-refractivity contribution in [2.45, 2.75) is 6.92 Å². The molecule has 0 bridgehead atoms. The molecule has 0 saturated carbocycles. The summed E-state index contributed by atoms with van der Waals surface area (Å²) in [7, 11) is 0. The number of carbonyl (C=O) groups is 1. The first-order valence-corrected chi connectivity index (χ1v) is 9.52. The second-order valence-electron chi connectivity index (χ2n) is 6.19. The Hall–Kier alpha value is -3.24. The third kappa shape index (κ3) is 3.81. The summed E-state index contributed by atoms with van der Waals surface area (Å²) in [5, 5.41) is 3.94. The predicted octanol–water partition coefficient (Wildman–Crippen LogP) is 6.04. The van der Waals surface area contributed by atoms with Gasteiger partial charge in [-0.3, -0.25) is 4.79 Å². The van der Waals surface area contributed by atoms with Crippen molar-refractivity contribution in [3.05, 3.63) is 95.4 Å². The van der Waals surface area contributed by atoms with Gasteiger partial charge >= 0.3 is 0 Å². The molecule has 0 saturated heterocycles. The maximum Gasteiger partial charge on any atom is 0.255 e. The van der Waals surface area contributed by atoms with Crippen LogP contribution in [0.3, 0.4) is 0 Å². The van der Waals surface area contributed by atoms with Crippen LogP contribution >= 0.6 is 11.3 Å². The minimum Gasteiger partial charge on any atom is -0.322 e. The molecule has 0 spiro atoms. The van der Waals surface area contributed by atoms with Crippen LogP contribution in [0.25, 0.3) is 21.8 Å². The van der Waals surface area contributed by atoms with Crippen LogP contribution in [0.1, 0.15) is 15.2 Å². The number of rotatable bonds is 4. The van der Waals surface area contributed by atoms with E-state index in [1.54, 1.807) is 23.5 Å². The maximum absolute atomic E-state index is 12.3. The topological polar surface area (TPSA) is 42.0 Å². The van der Waals surface area contributed by atoms with Crippen molar-refractivity contribution in [3.63, 3.8) is 0 Å². The summed E-state index contributed by atoms with van der Waals surface area (Å²) in [6.07, 6.45) is 0. The van der Waals surface area contributed by atoms with Crippen molar-refractivity contribution in [3.8, 4) is 21.8 Å². The quantitative estimate of drug-likeness (QED) is 0.476. The van der Waals surface area contributed by atoms with Crippen molar-refractivity contribution >= 4 is 22.9 Å². The first-order valence-electron chi connectivity index (χ1n) is 8.70. The van der Waals surface area contributed by atoms with Crippen molar-refractivity contribution in [2.75, 3.05) is 5.32 Å². The van der Waals surface area contributed by atoms with Crippen LogP contribution in [0.4, 0.5) is 5.69 Å². The Morgan fingerprint density at radius 3 is 2.11 bits per heavy atom. The fourth-order valence-electron chi connectivity index (χ4n) is 2.87. The second-order valence-corrected chi connectivity index (χ2v) is 7.39. The van der Waals surface area contributed by atoms with Gasteiger partial charge in [-0.1, -0.05) is 60.7 Å². The molecule has 1 N–H and O–H groups in total. The van der Waals surface area contributed by atoms with E-state index >= 15 is 0 Å². The lowest BCUT2D eigenvalue weighted by atomic mass is 10.1. The highest BCUT2D eigenvalue weighted by molar-refractivity contribution is 7.15. The maximum atomic E-state index is 12.3. The highest BCUT2D eigenvalue weighted by Gasteiger charge is 2.12. The fourth-order valence-corrected chi connectivity index (χ4v) is 3.81. The molecule has 27 heavy (non-hydrogen) atoms. The number of amides is 1. The van der Waals surface area contributed by atoms with Crippen LogP contribution in [0.2, 0.25) is 0 Å². The van der Waals surface area contributed by atoms with E-state index in [0.29, 0.717) is 5.56 Å². The number of thiazole rings is 1. The number of carbonyl (C=O) groups excluding carboxylic acids is 1. The Bertz CT molecular complexity index is 1050. The third-order valence-corrected chi connectivity index (χ3v) is 5.29. The number of anilines is 1. The van der Waals surface area contributed by atoms with E-state index in [2.05, 4.69) is 24.4 Å². The smallest absolute Gasteiger partial charge is 0.255 e. The normalized spacial score (nSPS) is 10.6. The Labute approximate surface area is 162 Å². The van der Waals surface area contributed by atoms with E-state index < -0.39 is 0 Å². The number of hydrogen-bond donors (Lipinski definition) is 1. The second kappa shape index (κ2) is 7.56. The van der Waals surface area contributed by atoms with Crippen molar-refractivity contribution in [2.24, 2.45) is 0 Å². The zero-order valence-electron chi connectivity index (χ0n) is 14.8. The van der Waals surface area contributed by atoms with E-state index in [0.717, 1.165) is 27.5 Å². The first kappa shape index (κ1) is 17.2. The largest absolute Gasteiger partial charge is 0.322 e. The Balaban J connectivity index is 1.54. The van der Waals surface area contributed by atoms with Crippen molar-refractivity contribution < 1.29 is 4.79 Å². The highest BCUT2D eigenvalue weighted by atomic mass is 32.1. The standard InChI is InChI=1S/C23H18N2OS/c1-16-21(25-23(27-16)19-10-6-3-7-11-19)17-12-14-20(15-13-17)24-22(26)18-8-4-2-5-9-18/h2-15H,1H3,(H,24,26). The number of nitrogens with zero attached hydrogens (tertiary/aromatic N) is 1. The minimum absolute atomic E-state index is 0.112. The molecule has 0 unspecified atom stereocenters. The van der Waals surface area contributed by atoms with E-state index in [-0.39, 0.29) is 5.91 Å². The van der Waals surface area contributed by atoms with Crippen LogP contribution in [-0.2, 0) is 0 Å². The summed E-state index contributed by atoms with van der Waals surface area (Å²) in [6, 6.07) is 27.2. The molecule has 0 aliphatic rings. The summed E-state index contributed by atoms with van der Waals surface area (Å²) >= 11 is 1.69.